The standard InChI is InChI=1S/C14H16BrFN2O2/c1-14(10-5-9(15)3-4-11(10)16)8-18(2)6-12(17-14)13(20)7-19/h3-5,7,12,17H,6,8H2,1-2H3. The SMILES string of the molecule is CN1CC(C(=O)C=O)NC(C)(c2cc(Br)ccc2F)C1. The van der Waals surface area contributed by atoms with E-state index in [-0.39, 0.29) is 5.82 Å². The van der Waals surface area contributed by atoms with Gasteiger partial charge in [-0.3, -0.25) is 14.9 Å². The molecule has 1 aliphatic rings. The molecule has 1 aromatic rings. The summed E-state index contributed by atoms with van der Waals surface area (Å²) in [6.45, 7) is 2.81. The molecule has 20 heavy (non-hydrogen) atoms. The number of halogens is 2. The van der Waals surface area contributed by atoms with Crippen LogP contribution in [0.5, 0.6) is 0 Å². The minimum absolute atomic E-state index is 0.314. The molecule has 1 aliphatic heterocycles. The zero-order valence-electron chi connectivity index (χ0n) is 11.3. The lowest BCUT2D eigenvalue weighted by Gasteiger charge is -2.43. The average molecular weight is 343 g/mol. The molecule has 2 unspecified atom stereocenters. The van der Waals surface area contributed by atoms with Gasteiger partial charge in [0.2, 0.25) is 5.78 Å². The first-order chi connectivity index (χ1) is 9.35. The van der Waals surface area contributed by atoms with Crippen LogP contribution < -0.4 is 5.32 Å². The van der Waals surface area contributed by atoms with Gasteiger partial charge in [-0.1, -0.05) is 15.9 Å². The molecule has 1 saturated heterocycles. The predicted octanol–water partition coefficient (Wildman–Crippen LogP) is 1.48. The third-order valence-corrected chi connectivity index (χ3v) is 4.05. The van der Waals surface area contributed by atoms with Gasteiger partial charge in [-0.2, -0.15) is 0 Å². The van der Waals surface area contributed by atoms with Crippen LogP contribution in [0.15, 0.2) is 22.7 Å². The minimum atomic E-state index is -0.732. The number of likely N-dealkylation sites (N-methyl/N-ethyl adjacent to an activating group) is 1. The summed E-state index contributed by atoms with van der Waals surface area (Å²) < 4.78 is 14.9. The van der Waals surface area contributed by atoms with Gasteiger partial charge in [-0.05, 0) is 32.2 Å². The van der Waals surface area contributed by atoms with Gasteiger partial charge in [-0.25, -0.2) is 4.39 Å². The Labute approximate surface area is 125 Å². The molecule has 2 rings (SSSR count). The van der Waals surface area contributed by atoms with E-state index in [1.165, 1.54) is 6.07 Å². The number of carbonyl (C=O) groups excluding carboxylic acids is 2. The van der Waals surface area contributed by atoms with Crippen molar-refractivity contribution in [2.24, 2.45) is 0 Å². The van der Waals surface area contributed by atoms with Crippen molar-refractivity contribution in [3.63, 3.8) is 0 Å². The number of ketones is 1. The minimum Gasteiger partial charge on any atom is -0.302 e. The summed E-state index contributed by atoms with van der Waals surface area (Å²) in [7, 11) is 1.85. The first-order valence-corrected chi connectivity index (χ1v) is 7.06. The average Bonchev–Trinajstić information content (AvgIpc) is 2.39. The Morgan fingerprint density at radius 1 is 1.60 bits per heavy atom. The summed E-state index contributed by atoms with van der Waals surface area (Å²) in [4.78, 5) is 24.2. The van der Waals surface area contributed by atoms with Gasteiger partial charge in [0.1, 0.15) is 5.82 Å². The van der Waals surface area contributed by atoms with E-state index < -0.39 is 17.4 Å². The van der Waals surface area contributed by atoms with E-state index in [1.54, 1.807) is 12.1 Å². The van der Waals surface area contributed by atoms with E-state index in [1.807, 2.05) is 18.9 Å². The maximum Gasteiger partial charge on any atom is 0.213 e. The van der Waals surface area contributed by atoms with E-state index in [4.69, 9.17) is 0 Å². The molecule has 0 aromatic heterocycles. The second kappa shape index (κ2) is 5.71. The number of aldehydes is 1. The summed E-state index contributed by atoms with van der Waals surface area (Å²) in [6.07, 6.45) is 0.314. The Morgan fingerprint density at radius 3 is 2.95 bits per heavy atom. The van der Waals surface area contributed by atoms with Gasteiger partial charge in [-0.15, -0.1) is 0 Å². The lowest BCUT2D eigenvalue weighted by Crippen LogP contribution is -2.63. The molecule has 0 amide bonds. The van der Waals surface area contributed by atoms with E-state index in [0.29, 0.717) is 24.9 Å². The number of nitrogens with one attached hydrogen (secondary N) is 1. The second-order valence-electron chi connectivity index (χ2n) is 5.37. The Balaban J connectivity index is 2.39. The summed E-state index contributed by atoms with van der Waals surface area (Å²) >= 11 is 3.33. The first kappa shape index (κ1) is 15.3. The zero-order chi connectivity index (χ0) is 14.9. The fourth-order valence-electron chi connectivity index (χ4n) is 2.72. The largest absolute Gasteiger partial charge is 0.302 e. The van der Waals surface area contributed by atoms with Crippen molar-refractivity contribution >= 4 is 28.0 Å². The monoisotopic (exact) mass is 342 g/mol. The number of piperazine rings is 1. The highest BCUT2D eigenvalue weighted by Gasteiger charge is 2.39. The van der Waals surface area contributed by atoms with Crippen molar-refractivity contribution in [3.05, 3.63) is 34.1 Å². The van der Waals surface area contributed by atoms with Gasteiger partial charge < -0.3 is 4.90 Å². The lowest BCUT2D eigenvalue weighted by molar-refractivity contribution is -0.132. The number of hydrogen-bond donors (Lipinski definition) is 1. The number of benzene rings is 1. The molecule has 0 aliphatic carbocycles. The molecule has 6 heteroatoms. The summed E-state index contributed by atoms with van der Waals surface area (Å²) in [6, 6.07) is 4.10. The van der Waals surface area contributed by atoms with Gasteiger partial charge in [0, 0.05) is 23.1 Å². The topological polar surface area (TPSA) is 49.4 Å². The Bertz CT molecular complexity index is 552. The highest BCUT2D eigenvalue weighted by molar-refractivity contribution is 9.10. The number of rotatable bonds is 3. The third-order valence-electron chi connectivity index (χ3n) is 3.56. The van der Waals surface area contributed by atoms with Crippen molar-refractivity contribution < 1.29 is 14.0 Å². The number of hydrogen-bond acceptors (Lipinski definition) is 4. The van der Waals surface area contributed by atoms with Crippen molar-refractivity contribution in [3.8, 4) is 0 Å². The van der Waals surface area contributed by atoms with E-state index in [0.717, 1.165) is 4.47 Å². The quantitative estimate of drug-likeness (QED) is 0.667. The van der Waals surface area contributed by atoms with E-state index in [2.05, 4.69) is 21.2 Å². The Hall–Kier alpha value is -1.11. The summed E-state index contributed by atoms with van der Waals surface area (Å²) in [5.74, 6) is -0.853. The number of nitrogens with zero attached hydrogens (tertiary/aromatic N) is 1. The molecule has 0 bridgehead atoms. The van der Waals surface area contributed by atoms with Crippen molar-refractivity contribution in [2.45, 2.75) is 18.5 Å². The molecule has 1 aromatic carbocycles. The van der Waals surface area contributed by atoms with Crippen molar-refractivity contribution in [2.75, 3.05) is 20.1 Å². The van der Waals surface area contributed by atoms with Crippen molar-refractivity contribution in [1.29, 1.82) is 0 Å². The third kappa shape index (κ3) is 2.97. The van der Waals surface area contributed by atoms with Crippen LogP contribution in [0.2, 0.25) is 0 Å². The van der Waals surface area contributed by atoms with Crippen LogP contribution in [0.4, 0.5) is 4.39 Å². The van der Waals surface area contributed by atoms with Crippen LogP contribution >= 0.6 is 15.9 Å². The first-order valence-electron chi connectivity index (χ1n) is 6.26. The fourth-order valence-corrected chi connectivity index (χ4v) is 3.08. The normalized spacial score (nSPS) is 27.3. The van der Waals surface area contributed by atoms with Gasteiger partial charge >= 0.3 is 0 Å². The Kier molecular flexibility index (Phi) is 4.36. The van der Waals surface area contributed by atoms with Crippen LogP contribution in [0.3, 0.4) is 0 Å². The van der Waals surface area contributed by atoms with E-state index in [9.17, 15) is 14.0 Å². The molecule has 1 heterocycles. The molecule has 0 spiro atoms. The maximum atomic E-state index is 14.1. The van der Waals surface area contributed by atoms with Crippen LogP contribution in [0.25, 0.3) is 0 Å². The molecule has 2 atom stereocenters. The van der Waals surface area contributed by atoms with Crippen LogP contribution in [0.1, 0.15) is 12.5 Å². The fraction of sp³-hybridized carbons (Fsp3) is 0.429. The highest BCUT2D eigenvalue weighted by Crippen LogP contribution is 2.30. The predicted molar refractivity (Wildman–Crippen MR) is 76.9 cm³/mol. The lowest BCUT2D eigenvalue weighted by atomic mass is 9.87. The second-order valence-corrected chi connectivity index (χ2v) is 6.29. The summed E-state index contributed by atoms with van der Waals surface area (Å²) in [5.41, 5.74) is -0.258. The van der Waals surface area contributed by atoms with Crippen LogP contribution in [-0.4, -0.2) is 43.1 Å². The molecule has 1 fully saturated rings. The van der Waals surface area contributed by atoms with Crippen LogP contribution in [0, 0.1) is 5.82 Å². The highest BCUT2D eigenvalue weighted by atomic mass is 79.9. The van der Waals surface area contributed by atoms with Gasteiger partial charge in [0.05, 0.1) is 11.6 Å². The molecule has 4 nitrogen and oxygen atoms in total. The smallest absolute Gasteiger partial charge is 0.213 e. The molecular weight excluding hydrogens is 327 g/mol. The number of carbonyl (C=O) groups is 2. The molecule has 1 N–H and O–H groups in total. The van der Waals surface area contributed by atoms with E-state index >= 15 is 0 Å². The molecule has 108 valence electrons. The molecule has 0 saturated carbocycles. The Morgan fingerprint density at radius 2 is 2.30 bits per heavy atom. The zero-order valence-corrected chi connectivity index (χ0v) is 12.9. The van der Waals surface area contributed by atoms with Gasteiger partial charge in [0.25, 0.3) is 0 Å². The van der Waals surface area contributed by atoms with Crippen LogP contribution in [-0.2, 0) is 15.1 Å². The summed E-state index contributed by atoms with van der Waals surface area (Å²) in [5, 5.41) is 3.11. The maximum absolute atomic E-state index is 14.1. The molecular formula is C14H16BrFN2O2. The van der Waals surface area contributed by atoms with Crippen molar-refractivity contribution in [1.82, 2.24) is 10.2 Å². The number of Topliss-reactive ketones (excluding diaryl/α,β-unsaturated/α-hetero) is 1. The molecule has 0 radical (unpaired) electrons. The van der Waals surface area contributed by atoms with Gasteiger partial charge in [0.15, 0.2) is 6.29 Å².